The van der Waals surface area contributed by atoms with Gasteiger partial charge in [-0.1, -0.05) is 24.6 Å². The minimum atomic E-state index is -0.706. The summed E-state index contributed by atoms with van der Waals surface area (Å²) in [5, 5.41) is 5.18. The summed E-state index contributed by atoms with van der Waals surface area (Å²) in [6, 6.07) is 13.3. The summed E-state index contributed by atoms with van der Waals surface area (Å²) in [5.74, 6) is -1.57. The summed E-state index contributed by atoms with van der Waals surface area (Å²) in [7, 11) is 0. The largest absolute Gasteiger partial charge is 0.456 e. The number of carbonyl (C=O) groups excluding carboxylic acids is 4. The van der Waals surface area contributed by atoms with Crippen LogP contribution in [0.15, 0.2) is 48.5 Å². The SMILES string of the molecule is CCCC(=O)Nc1ccc(C(=O)COC(=O)CNC(=O)c2ccc(C)cc2)cc1. The predicted octanol–water partition coefficient (Wildman–Crippen LogP) is 2.89. The van der Waals surface area contributed by atoms with E-state index in [0.717, 1.165) is 12.0 Å². The van der Waals surface area contributed by atoms with Gasteiger partial charge in [-0.2, -0.15) is 0 Å². The average molecular weight is 396 g/mol. The van der Waals surface area contributed by atoms with Crippen LogP contribution in [0.2, 0.25) is 0 Å². The van der Waals surface area contributed by atoms with Crippen LogP contribution >= 0.6 is 0 Å². The molecule has 29 heavy (non-hydrogen) atoms. The van der Waals surface area contributed by atoms with Crippen molar-refractivity contribution in [2.75, 3.05) is 18.5 Å². The van der Waals surface area contributed by atoms with Crippen LogP contribution in [0.3, 0.4) is 0 Å². The number of esters is 1. The summed E-state index contributed by atoms with van der Waals surface area (Å²) in [6.07, 6.45) is 1.18. The minimum Gasteiger partial charge on any atom is -0.456 e. The lowest BCUT2D eigenvalue weighted by Gasteiger charge is -2.08. The van der Waals surface area contributed by atoms with Crippen molar-refractivity contribution in [3.63, 3.8) is 0 Å². The van der Waals surface area contributed by atoms with Crippen molar-refractivity contribution in [2.24, 2.45) is 0 Å². The van der Waals surface area contributed by atoms with Gasteiger partial charge >= 0.3 is 5.97 Å². The molecule has 0 bridgehead atoms. The first-order chi connectivity index (χ1) is 13.9. The molecule has 0 aliphatic carbocycles. The van der Waals surface area contributed by atoms with Crippen LogP contribution in [0.4, 0.5) is 5.69 Å². The number of rotatable bonds is 9. The minimum absolute atomic E-state index is 0.0896. The van der Waals surface area contributed by atoms with Crippen molar-refractivity contribution in [3.05, 3.63) is 65.2 Å². The van der Waals surface area contributed by atoms with E-state index in [1.807, 2.05) is 13.8 Å². The predicted molar refractivity (Wildman–Crippen MR) is 109 cm³/mol. The molecule has 152 valence electrons. The van der Waals surface area contributed by atoms with Crippen LogP contribution in [-0.4, -0.2) is 36.7 Å². The topological polar surface area (TPSA) is 102 Å². The zero-order chi connectivity index (χ0) is 21.2. The van der Waals surface area contributed by atoms with E-state index in [1.54, 1.807) is 48.5 Å². The van der Waals surface area contributed by atoms with E-state index in [2.05, 4.69) is 10.6 Å². The third-order valence-corrected chi connectivity index (χ3v) is 4.04. The van der Waals surface area contributed by atoms with Gasteiger partial charge < -0.3 is 15.4 Å². The quantitative estimate of drug-likeness (QED) is 0.501. The maximum absolute atomic E-state index is 12.1. The van der Waals surface area contributed by atoms with Gasteiger partial charge in [-0.05, 0) is 49.7 Å². The maximum atomic E-state index is 12.1. The van der Waals surface area contributed by atoms with Gasteiger partial charge in [-0.25, -0.2) is 0 Å². The summed E-state index contributed by atoms with van der Waals surface area (Å²) in [6.45, 7) is 3.06. The molecular weight excluding hydrogens is 372 g/mol. The first kappa shape index (κ1) is 21.8. The molecule has 0 fully saturated rings. The molecule has 2 aromatic rings. The number of anilines is 1. The maximum Gasteiger partial charge on any atom is 0.325 e. The third-order valence-electron chi connectivity index (χ3n) is 4.04. The number of aryl methyl sites for hydroxylation is 1. The Morgan fingerprint density at radius 1 is 0.897 bits per heavy atom. The summed E-state index contributed by atoms with van der Waals surface area (Å²) >= 11 is 0. The van der Waals surface area contributed by atoms with E-state index in [0.29, 0.717) is 23.2 Å². The number of ketones is 1. The van der Waals surface area contributed by atoms with Gasteiger partial charge in [-0.15, -0.1) is 0 Å². The highest BCUT2D eigenvalue weighted by Gasteiger charge is 2.12. The highest BCUT2D eigenvalue weighted by atomic mass is 16.5. The number of carbonyl (C=O) groups is 4. The van der Waals surface area contributed by atoms with Gasteiger partial charge in [-0.3, -0.25) is 19.2 Å². The Balaban J connectivity index is 1.76. The van der Waals surface area contributed by atoms with Crippen LogP contribution in [0.5, 0.6) is 0 Å². The van der Waals surface area contributed by atoms with Crippen molar-refractivity contribution in [1.82, 2.24) is 5.32 Å². The molecule has 0 saturated heterocycles. The van der Waals surface area contributed by atoms with Gasteiger partial charge in [0.15, 0.2) is 12.4 Å². The molecule has 2 N–H and O–H groups in total. The van der Waals surface area contributed by atoms with E-state index in [9.17, 15) is 19.2 Å². The van der Waals surface area contributed by atoms with E-state index in [1.165, 1.54) is 0 Å². The number of ether oxygens (including phenoxy) is 1. The van der Waals surface area contributed by atoms with Crippen LogP contribution in [0.25, 0.3) is 0 Å². The van der Waals surface area contributed by atoms with Crippen LogP contribution < -0.4 is 10.6 Å². The van der Waals surface area contributed by atoms with E-state index < -0.39 is 18.5 Å². The van der Waals surface area contributed by atoms with Crippen LogP contribution in [0.1, 0.15) is 46.0 Å². The highest BCUT2D eigenvalue weighted by Crippen LogP contribution is 2.11. The Kier molecular flexibility index (Phi) is 8.09. The molecule has 2 aromatic carbocycles. The Labute approximate surface area is 169 Å². The Hall–Kier alpha value is -3.48. The van der Waals surface area contributed by atoms with Crippen LogP contribution in [0, 0.1) is 6.92 Å². The smallest absolute Gasteiger partial charge is 0.325 e. The number of benzene rings is 2. The van der Waals surface area contributed by atoms with Crippen molar-refractivity contribution in [2.45, 2.75) is 26.7 Å². The van der Waals surface area contributed by atoms with Crippen LogP contribution in [-0.2, 0) is 14.3 Å². The lowest BCUT2D eigenvalue weighted by molar-refractivity contribution is -0.141. The lowest BCUT2D eigenvalue weighted by Crippen LogP contribution is -2.31. The number of Topliss-reactive ketones (excluding diaryl/α,β-unsaturated/α-hetero) is 1. The second-order valence-electron chi connectivity index (χ2n) is 6.51. The number of nitrogens with one attached hydrogen (secondary N) is 2. The van der Waals surface area contributed by atoms with Crippen molar-refractivity contribution < 1.29 is 23.9 Å². The summed E-state index contributed by atoms with van der Waals surface area (Å²) in [5.41, 5.74) is 2.41. The standard InChI is InChI=1S/C22H24N2O5/c1-3-4-20(26)24-18-11-9-16(10-12-18)19(25)14-29-21(27)13-23-22(28)17-7-5-15(2)6-8-17/h5-12H,3-4,13-14H2,1-2H3,(H,23,28)(H,24,26). The summed E-state index contributed by atoms with van der Waals surface area (Å²) in [4.78, 5) is 47.4. The monoisotopic (exact) mass is 396 g/mol. The third kappa shape index (κ3) is 7.21. The fourth-order valence-electron chi connectivity index (χ4n) is 2.43. The number of amides is 2. The normalized spacial score (nSPS) is 10.1. The highest BCUT2D eigenvalue weighted by molar-refractivity contribution is 5.99. The summed E-state index contributed by atoms with van der Waals surface area (Å²) < 4.78 is 4.92. The number of hydrogen-bond donors (Lipinski definition) is 2. The zero-order valence-corrected chi connectivity index (χ0v) is 16.5. The molecular formula is C22H24N2O5. The molecule has 0 heterocycles. The molecule has 0 spiro atoms. The Morgan fingerprint density at radius 3 is 2.14 bits per heavy atom. The lowest BCUT2D eigenvalue weighted by atomic mass is 10.1. The molecule has 2 amide bonds. The van der Waals surface area contributed by atoms with Gasteiger partial charge in [0.25, 0.3) is 5.91 Å². The molecule has 0 aromatic heterocycles. The Morgan fingerprint density at radius 2 is 1.52 bits per heavy atom. The van der Waals surface area contributed by atoms with E-state index >= 15 is 0 Å². The molecule has 7 heteroatoms. The molecule has 2 rings (SSSR count). The number of hydrogen-bond acceptors (Lipinski definition) is 5. The molecule has 0 saturated carbocycles. The van der Waals surface area contributed by atoms with Crippen molar-refractivity contribution in [1.29, 1.82) is 0 Å². The first-order valence-corrected chi connectivity index (χ1v) is 9.32. The van der Waals surface area contributed by atoms with Crippen molar-refractivity contribution >= 4 is 29.3 Å². The van der Waals surface area contributed by atoms with Gasteiger partial charge in [0.1, 0.15) is 6.54 Å². The van der Waals surface area contributed by atoms with Gasteiger partial charge in [0, 0.05) is 23.2 Å². The average Bonchev–Trinajstić information content (AvgIpc) is 2.71. The van der Waals surface area contributed by atoms with Gasteiger partial charge in [0.2, 0.25) is 5.91 Å². The van der Waals surface area contributed by atoms with Crippen molar-refractivity contribution in [3.8, 4) is 0 Å². The molecule has 0 aliphatic rings. The van der Waals surface area contributed by atoms with Gasteiger partial charge in [0.05, 0.1) is 0 Å². The fraction of sp³-hybridized carbons (Fsp3) is 0.273. The second kappa shape index (κ2) is 10.8. The zero-order valence-electron chi connectivity index (χ0n) is 16.5. The first-order valence-electron chi connectivity index (χ1n) is 9.32. The Bertz CT molecular complexity index is 873. The molecule has 0 unspecified atom stereocenters. The molecule has 0 atom stereocenters. The molecule has 0 aliphatic heterocycles. The fourth-order valence-corrected chi connectivity index (χ4v) is 2.43. The molecule has 7 nitrogen and oxygen atoms in total. The second-order valence-corrected chi connectivity index (χ2v) is 6.51. The van der Waals surface area contributed by atoms with E-state index in [4.69, 9.17) is 4.74 Å². The van der Waals surface area contributed by atoms with E-state index in [-0.39, 0.29) is 18.2 Å². The molecule has 0 radical (unpaired) electrons.